The Bertz CT molecular complexity index is 637. The number of hydrogen-bond donors (Lipinski definition) is 1. The minimum Gasteiger partial charge on any atom is -0.344 e. The summed E-state index contributed by atoms with van der Waals surface area (Å²) in [5.41, 5.74) is 1.29. The van der Waals surface area contributed by atoms with Crippen molar-refractivity contribution in [3.05, 3.63) is 34.9 Å². The highest BCUT2D eigenvalue weighted by Gasteiger charge is 2.32. The monoisotopic (exact) mass is 406 g/mol. The molecule has 1 aliphatic rings. The zero-order valence-corrected chi connectivity index (χ0v) is 18.5. The molecule has 2 amide bonds. The summed E-state index contributed by atoms with van der Waals surface area (Å²) in [5.74, 6) is 1.13. The Labute approximate surface area is 175 Å². The molecule has 156 valence electrons. The topological polar surface area (TPSA) is 49.4 Å². The van der Waals surface area contributed by atoms with Crippen LogP contribution in [0.5, 0.6) is 0 Å². The van der Waals surface area contributed by atoms with E-state index in [0.29, 0.717) is 18.3 Å². The van der Waals surface area contributed by atoms with E-state index in [-0.39, 0.29) is 17.7 Å². The van der Waals surface area contributed by atoms with Gasteiger partial charge in [0, 0.05) is 24.5 Å². The smallest absolute Gasteiger partial charge is 0.245 e. The lowest BCUT2D eigenvalue weighted by molar-refractivity contribution is -0.138. The molecular formula is C23H35ClN2O2. The molecule has 1 fully saturated rings. The van der Waals surface area contributed by atoms with Crippen LogP contribution in [0.2, 0.25) is 5.02 Å². The molecule has 2 rings (SSSR count). The van der Waals surface area contributed by atoms with Crippen LogP contribution in [0.25, 0.3) is 0 Å². The van der Waals surface area contributed by atoms with E-state index in [9.17, 15) is 9.59 Å². The number of hydrogen-bond acceptors (Lipinski definition) is 2. The van der Waals surface area contributed by atoms with Crippen molar-refractivity contribution in [2.24, 2.45) is 11.8 Å². The number of halogens is 1. The van der Waals surface area contributed by atoms with Crippen molar-refractivity contribution in [2.75, 3.05) is 13.1 Å². The van der Waals surface area contributed by atoms with Gasteiger partial charge in [-0.3, -0.25) is 9.59 Å². The Morgan fingerprint density at radius 1 is 1.14 bits per heavy atom. The largest absolute Gasteiger partial charge is 0.344 e. The molecule has 4 nitrogen and oxygen atoms in total. The second kappa shape index (κ2) is 10.8. The van der Waals surface area contributed by atoms with Gasteiger partial charge in [0.15, 0.2) is 0 Å². The highest BCUT2D eigenvalue weighted by atomic mass is 35.5. The fourth-order valence-corrected chi connectivity index (χ4v) is 3.84. The number of rotatable bonds is 8. The van der Waals surface area contributed by atoms with E-state index < -0.39 is 6.04 Å². The second-order valence-corrected chi connectivity index (χ2v) is 8.95. The van der Waals surface area contributed by atoms with Gasteiger partial charge in [0.05, 0.1) is 0 Å². The van der Waals surface area contributed by atoms with Gasteiger partial charge in [-0.2, -0.15) is 0 Å². The average Bonchev–Trinajstić information content (AvgIpc) is 2.70. The van der Waals surface area contributed by atoms with Gasteiger partial charge >= 0.3 is 0 Å². The van der Waals surface area contributed by atoms with Gasteiger partial charge in [-0.15, -0.1) is 0 Å². The van der Waals surface area contributed by atoms with Crippen LogP contribution in [0.15, 0.2) is 24.3 Å². The van der Waals surface area contributed by atoms with Crippen LogP contribution in [0, 0.1) is 11.8 Å². The minimum atomic E-state index is -0.420. The van der Waals surface area contributed by atoms with Crippen molar-refractivity contribution in [1.29, 1.82) is 0 Å². The van der Waals surface area contributed by atoms with E-state index in [4.69, 9.17) is 11.6 Å². The Morgan fingerprint density at radius 3 is 2.29 bits per heavy atom. The molecule has 0 bridgehead atoms. The first-order chi connectivity index (χ1) is 13.3. The van der Waals surface area contributed by atoms with Gasteiger partial charge in [0.1, 0.15) is 6.04 Å². The summed E-state index contributed by atoms with van der Waals surface area (Å²) in [4.78, 5) is 27.4. The maximum atomic E-state index is 13.2. The van der Waals surface area contributed by atoms with E-state index in [1.807, 2.05) is 24.0 Å². The quantitative estimate of drug-likeness (QED) is 0.659. The Kier molecular flexibility index (Phi) is 8.81. The summed E-state index contributed by atoms with van der Waals surface area (Å²) in [7, 11) is 0. The van der Waals surface area contributed by atoms with Gasteiger partial charge in [0.25, 0.3) is 0 Å². The standard InChI is InChI=1S/C23H35ClN2O2/c1-5-17(4)22(25-21(27)11-6-16(2)3)23(28)26-14-12-19(13-15-26)18-7-9-20(24)10-8-18/h7-10,16-17,19,22H,5-6,11-15H2,1-4H3,(H,25,27)/t17-,22-/m1/s1. The molecule has 2 atom stereocenters. The fraction of sp³-hybridized carbons (Fsp3) is 0.652. The molecule has 1 N–H and O–H groups in total. The fourth-order valence-electron chi connectivity index (χ4n) is 3.71. The molecule has 1 aromatic carbocycles. The van der Waals surface area contributed by atoms with E-state index >= 15 is 0 Å². The van der Waals surface area contributed by atoms with Crippen LogP contribution in [-0.2, 0) is 9.59 Å². The Morgan fingerprint density at radius 2 is 1.75 bits per heavy atom. The number of amides is 2. The van der Waals surface area contributed by atoms with Crippen LogP contribution in [0.3, 0.4) is 0 Å². The van der Waals surface area contributed by atoms with Gasteiger partial charge < -0.3 is 10.2 Å². The second-order valence-electron chi connectivity index (χ2n) is 8.51. The molecule has 1 heterocycles. The molecule has 1 aliphatic heterocycles. The van der Waals surface area contributed by atoms with Crippen LogP contribution in [0.1, 0.15) is 71.3 Å². The van der Waals surface area contributed by atoms with Crippen LogP contribution in [-0.4, -0.2) is 35.8 Å². The summed E-state index contributed by atoms with van der Waals surface area (Å²) >= 11 is 5.99. The number of nitrogens with zero attached hydrogens (tertiary/aromatic N) is 1. The molecule has 0 aliphatic carbocycles. The lowest BCUT2D eigenvalue weighted by Gasteiger charge is -2.36. The molecule has 0 spiro atoms. The molecule has 1 aromatic rings. The molecule has 0 radical (unpaired) electrons. The Balaban J connectivity index is 1.95. The van der Waals surface area contributed by atoms with Gasteiger partial charge in [-0.05, 0) is 54.7 Å². The predicted octanol–water partition coefficient (Wildman–Crippen LogP) is 5.01. The molecule has 0 unspecified atom stereocenters. The van der Waals surface area contributed by atoms with Gasteiger partial charge in [-0.25, -0.2) is 0 Å². The number of carbonyl (C=O) groups is 2. The zero-order chi connectivity index (χ0) is 20.7. The SMILES string of the molecule is CC[C@@H](C)[C@@H](NC(=O)CCC(C)C)C(=O)N1CCC(c2ccc(Cl)cc2)CC1. The maximum absolute atomic E-state index is 13.2. The number of benzene rings is 1. The van der Waals surface area contributed by atoms with Gasteiger partial charge in [0.2, 0.25) is 11.8 Å². The lowest BCUT2D eigenvalue weighted by Crippen LogP contribution is -2.53. The summed E-state index contributed by atoms with van der Waals surface area (Å²) < 4.78 is 0. The number of carbonyl (C=O) groups excluding carboxylic acids is 2. The van der Waals surface area contributed by atoms with Gasteiger partial charge in [-0.1, -0.05) is 57.8 Å². The van der Waals surface area contributed by atoms with Crippen molar-refractivity contribution in [3.8, 4) is 0 Å². The number of likely N-dealkylation sites (tertiary alicyclic amines) is 1. The molecule has 5 heteroatoms. The predicted molar refractivity (Wildman–Crippen MR) is 115 cm³/mol. The van der Waals surface area contributed by atoms with E-state index in [0.717, 1.165) is 43.8 Å². The summed E-state index contributed by atoms with van der Waals surface area (Å²) in [6.45, 7) is 9.80. The summed E-state index contributed by atoms with van der Waals surface area (Å²) in [6, 6.07) is 7.61. The normalized spacial score (nSPS) is 17.4. The van der Waals surface area contributed by atoms with E-state index in [1.165, 1.54) is 5.56 Å². The Hall–Kier alpha value is -1.55. The van der Waals surface area contributed by atoms with Crippen LogP contribution < -0.4 is 5.32 Å². The first-order valence-electron chi connectivity index (χ1n) is 10.6. The maximum Gasteiger partial charge on any atom is 0.245 e. The van der Waals surface area contributed by atoms with Crippen molar-refractivity contribution in [2.45, 2.75) is 71.8 Å². The molecule has 0 saturated carbocycles. The molecular weight excluding hydrogens is 372 g/mol. The minimum absolute atomic E-state index is 0.0107. The van der Waals surface area contributed by atoms with E-state index in [2.05, 4.69) is 38.2 Å². The zero-order valence-electron chi connectivity index (χ0n) is 17.7. The van der Waals surface area contributed by atoms with Crippen molar-refractivity contribution in [1.82, 2.24) is 10.2 Å². The first kappa shape index (κ1) is 22.7. The first-order valence-corrected chi connectivity index (χ1v) is 11.0. The highest BCUT2D eigenvalue weighted by molar-refractivity contribution is 6.30. The van der Waals surface area contributed by atoms with E-state index in [1.54, 1.807) is 0 Å². The third-order valence-corrected chi connectivity index (χ3v) is 6.14. The highest BCUT2D eigenvalue weighted by Crippen LogP contribution is 2.29. The summed E-state index contributed by atoms with van der Waals surface area (Å²) in [5, 5.41) is 3.78. The molecule has 28 heavy (non-hydrogen) atoms. The van der Waals surface area contributed by atoms with Crippen LogP contribution >= 0.6 is 11.6 Å². The molecule has 1 saturated heterocycles. The lowest BCUT2D eigenvalue weighted by atomic mass is 9.88. The van der Waals surface area contributed by atoms with Crippen molar-refractivity contribution in [3.63, 3.8) is 0 Å². The number of piperidine rings is 1. The van der Waals surface area contributed by atoms with Crippen LogP contribution in [0.4, 0.5) is 0 Å². The number of nitrogens with one attached hydrogen (secondary N) is 1. The third-order valence-electron chi connectivity index (χ3n) is 5.89. The summed E-state index contributed by atoms with van der Waals surface area (Å²) in [6.07, 6.45) is 4.09. The van der Waals surface area contributed by atoms with Crippen molar-refractivity contribution >= 4 is 23.4 Å². The third kappa shape index (κ3) is 6.51. The average molecular weight is 407 g/mol. The van der Waals surface area contributed by atoms with Crippen molar-refractivity contribution < 1.29 is 9.59 Å². The molecule has 0 aromatic heterocycles.